The maximum absolute atomic E-state index is 14.0. The van der Waals surface area contributed by atoms with E-state index in [-0.39, 0.29) is 28.1 Å². The van der Waals surface area contributed by atoms with Gasteiger partial charge in [0.05, 0.1) is 10.5 Å². The molecule has 0 saturated carbocycles. The summed E-state index contributed by atoms with van der Waals surface area (Å²) in [7, 11) is 0. The summed E-state index contributed by atoms with van der Waals surface area (Å²) >= 11 is 0. The van der Waals surface area contributed by atoms with E-state index in [0.717, 1.165) is 18.5 Å². The molecule has 0 bridgehead atoms. The molecule has 1 atom stereocenters. The van der Waals surface area contributed by atoms with E-state index in [9.17, 15) is 19.3 Å². The number of halogens is 1. The molecular formula is C27H29FN4O3. The molecule has 8 heteroatoms. The molecule has 3 aromatic rings. The second kappa shape index (κ2) is 11.0. The first-order valence-corrected chi connectivity index (χ1v) is 11.8. The van der Waals surface area contributed by atoms with Crippen LogP contribution >= 0.6 is 0 Å². The minimum atomic E-state index is -0.521. The van der Waals surface area contributed by atoms with Crippen LogP contribution < -0.4 is 10.2 Å². The zero-order valence-electron chi connectivity index (χ0n) is 19.7. The molecule has 1 heterocycles. The van der Waals surface area contributed by atoms with Gasteiger partial charge in [-0.1, -0.05) is 42.5 Å². The Morgan fingerprint density at radius 3 is 2.40 bits per heavy atom. The summed E-state index contributed by atoms with van der Waals surface area (Å²) in [5.74, 6) is -0.839. The number of nitro groups is 1. The van der Waals surface area contributed by atoms with Crippen LogP contribution in [0.3, 0.4) is 0 Å². The van der Waals surface area contributed by atoms with Gasteiger partial charge in [-0.2, -0.15) is 0 Å². The number of piperazine rings is 1. The number of carbonyl (C=O) groups is 1. The normalized spacial score (nSPS) is 14.5. The minimum absolute atomic E-state index is 0.0358. The standard InChI is InChI=1S/C27H29FN4O3/c1-20(11-12-21-7-3-2-4-8-21)29-25-19-22(13-14-26(25)32(34)35)30-15-17-31(18-16-30)27(33)23-9-5-6-10-24(23)28/h2-10,13-14,19-20,29H,11-12,15-18H2,1H3. The lowest BCUT2D eigenvalue weighted by molar-refractivity contribution is -0.384. The molecule has 1 aliphatic rings. The number of nitro benzene ring substituents is 1. The lowest BCUT2D eigenvalue weighted by Gasteiger charge is -2.36. The molecule has 0 spiro atoms. The van der Waals surface area contributed by atoms with Crippen molar-refractivity contribution in [3.8, 4) is 0 Å². The van der Waals surface area contributed by atoms with Crippen LogP contribution in [-0.4, -0.2) is 48.0 Å². The molecule has 1 fully saturated rings. The van der Waals surface area contributed by atoms with E-state index >= 15 is 0 Å². The van der Waals surface area contributed by atoms with Crippen LogP contribution in [0.2, 0.25) is 0 Å². The summed E-state index contributed by atoms with van der Waals surface area (Å²) in [5.41, 5.74) is 2.68. The van der Waals surface area contributed by atoms with E-state index < -0.39 is 5.82 Å². The number of carbonyl (C=O) groups excluding carboxylic acids is 1. The Bertz CT molecular complexity index is 1180. The van der Waals surface area contributed by atoms with Crippen LogP contribution in [0.25, 0.3) is 0 Å². The topological polar surface area (TPSA) is 78.7 Å². The Labute approximate surface area is 204 Å². The Morgan fingerprint density at radius 2 is 1.71 bits per heavy atom. The van der Waals surface area contributed by atoms with Gasteiger partial charge in [-0.25, -0.2) is 4.39 Å². The second-order valence-electron chi connectivity index (χ2n) is 8.79. The molecule has 7 nitrogen and oxygen atoms in total. The van der Waals surface area contributed by atoms with Crippen LogP contribution in [0.1, 0.15) is 29.3 Å². The fraction of sp³-hybridized carbons (Fsp3) is 0.296. The molecule has 182 valence electrons. The summed E-state index contributed by atoms with van der Waals surface area (Å²) in [5, 5.41) is 14.9. The lowest BCUT2D eigenvalue weighted by atomic mass is 10.1. The Morgan fingerprint density at radius 1 is 1.03 bits per heavy atom. The fourth-order valence-electron chi connectivity index (χ4n) is 4.33. The molecule has 35 heavy (non-hydrogen) atoms. The first-order valence-electron chi connectivity index (χ1n) is 11.8. The van der Waals surface area contributed by atoms with Crippen LogP contribution in [0, 0.1) is 15.9 Å². The van der Waals surface area contributed by atoms with E-state index in [2.05, 4.69) is 22.3 Å². The van der Waals surface area contributed by atoms with Crippen molar-refractivity contribution in [1.29, 1.82) is 0 Å². The maximum atomic E-state index is 14.0. The molecule has 1 saturated heterocycles. The van der Waals surface area contributed by atoms with Crippen molar-refractivity contribution in [2.75, 3.05) is 36.4 Å². The zero-order chi connectivity index (χ0) is 24.8. The number of nitrogens with zero attached hydrogens (tertiary/aromatic N) is 3. The molecule has 1 amide bonds. The second-order valence-corrected chi connectivity index (χ2v) is 8.79. The highest BCUT2D eigenvalue weighted by Crippen LogP contribution is 2.31. The Kier molecular flexibility index (Phi) is 7.60. The predicted molar refractivity (Wildman–Crippen MR) is 135 cm³/mol. The van der Waals surface area contributed by atoms with E-state index in [0.29, 0.717) is 31.9 Å². The fourth-order valence-corrected chi connectivity index (χ4v) is 4.33. The third-order valence-corrected chi connectivity index (χ3v) is 6.32. The monoisotopic (exact) mass is 476 g/mol. The average molecular weight is 477 g/mol. The molecule has 0 aromatic heterocycles. The largest absolute Gasteiger partial charge is 0.377 e. The summed E-state index contributed by atoms with van der Waals surface area (Å²) in [6.45, 7) is 4.02. The van der Waals surface area contributed by atoms with Crippen molar-refractivity contribution >= 4 is 23.0 Å². The number of benzene rings is 3. The maximum Gasteiger partial charge on any atom is 0.292 e. The molecular weight excluding hydrogens is 447 g/mol. The minimum Gasteiger partial charge on any atom is -0.377 e. The van der Waals surface area contributed by atoms with Gasteiger partial charge < -0.3 is 15.1 Å². The summed E-state index contributed by atoms with van der Waals surface area (Å²) < 4.78 is 14.0. The van der Waals surface area contributed by atoms with Gasteiger partial charge in [0.2, 0.25) is 0 Å². The van der Waals surface area contributed by atoms with Crippen molar-refractivity contribution in [1.82, 2.24) is 4.90 Å². The number of hydrogen-bond donors (Lipinski definition) is 1. The third kappa shape index (κ3) is 5.95. The highest BCUT2D eigenvalue weighted by atomic mass is 19.1. The molecule has 4 rings (SSSR count). The van der Waals surface area contributed by atoms with Gasteiger partial charge in [0.25, 0.3) is 11.6 Å². The van der Waals surface area contributed by atoms with Crippen LogP contribution in [0.4, 0.5) is 21.5 Å². The predicted octanol–water partition coefficient (Wildman–Crippen LogP) is 5.13. The van der Waals surface area contributed by atoms with Gasteiger partial charge in [0.15, 0.2) is 0 Å². The molecule has 1 unspecified atom stereocenters. The summed E-state index contributed by atoms with van der Waals surface area (Å²) in [6, 6.07) is 21.3. The van der Waals surface area contributed by atoms with Gasteiger partial charge in [-0.15, -0.1) is 0 Å². The van der Waals surface area contributed by atoms with Crippen molar-refractivity contribution < 1.29 is 14.1 Å². The van der Waals surface area contributed by atoms with Gasteiger partial charge >= 0.3 is 0 Å². The lowest BCUT2D eigenvalue weighted by Crippen LogP contribution is -2.49. The molecule has 3 aromatic carbocycles. The SMILES string of the molecule is CC(CCc1ccccc1)Nc1cc(N2CCN(C(=O)c3ccccc3F)CC2)ccc1[N+](=O)[O-]. The summed E-state index contributed by atoms with van der Waals surface area (Å²) in [6.07, 6.45) is 1.71. The third-order valence-electron chi connectivity index (χ3n) is 6.32. The average Bonchev–Trinajstić information content (AvgIpc) is 2.88. The molecule has 0 radical (unpaired) electrons. The molecule has 0 aliphatic carbocycles. The van der Waals surface area contributed by atoms with Crippen molar-refractivity contribution in [2.24, 2.45) is 0 Å². The number of rotatable bonds is 8. The molecule has 1 aliphatic heterocycles. The van der Waals surface area contributed by atoms with E-state index in [1.54, 1.807) is 23.1 Å². The van der Waals surface area contributed by atoms with Crippen LogP contribution in [-0.2, 0) is 6.42 Å². The van der Waals surface area contributed by atoms with Crippen molar-refractivity contribution in [3.63, 3.8) is 0 Å². The number of anilines is 2. The van der Waals surface area contributed by atoms with E-state index in [1.165, 1.54) is 23.8 Å². The number of aryl methyl sites for hydroxylation is 1. The summed E-state index contributed by atoms with van der Waals surface area (Å²) in [4.78, 5) is 27.7. The van der Waals surface area contributed by atoms with Crippen LogP contribution in [0.5, 0.6) is 0 Å². The number of hydrogen-bond acceptors (Lipinski definition) is 5. The highest BCUT2D eigenvalue weighted by molar-refractivity contribution is 5.94. The first kappa shape index (κ1) is 24.2. The Hall–Kier alpha value is -3.94. The number of nitrogens with one attached hydrogen (secondary N) is 1. The van der Waals surface area contributed by atoms with Crippen molar-refractivity contribution in [2.45, 2.75) is 25.8 Å². The highest BCUT2D eigenvalue weighted by Gasteiger charge is 2.25. The first-order chi connectivity index (χ1) is 16.9. The van der Waals surface area contributed by atoms with Crippen LogP contribution in [0.15, 0.2) is 72.8 Å². The van der Waals surface area contributed by atoms with E-state index in [4.69, 9.17) is 0 Å². The van der Waals surface area contributed by atoms with Crippen molar-refractivity contribution in [3.05, 3.63) is 99.9 Å². The number of amides is 1. The van der Waals surface area contributed by atoms with E-state index in [1.807, 2.05) is 31.2 Å². The van der Waals surface area contributed by atoms with Gasteiger partial charge in [-0.05, 0) is 49.6 Å². The zero-order valence-corrected chi connectivity index (χ0v) is 19.7. The smallest absolute Gasteiger partial charge is 0.292 e. The van der Waals surface area contributed by atoms with Gasteiger partial charge in [0, 0.05) is 44.0 Å². The Balaban J connectivity index is 1.41. The van der Waals surface area contributed by atoms with Gasteiger partial charge in [0.1, 0.15) is 11.5 Å². The van der Waals surface area contributed by atoms with Gasteiger partial charge in [-0.3, -0.25) is 14.9 Å². The quantitative estimate of drug-likeness (QED) is 0.360. The molecule has 1 N–H and O–H groups in total.